The average molecular weight is 196 g/mol. The minimum Gasteiger partial charge on any atom is -0.368 e. The second-order valence-electron chi connectivity index (χ2n) is 5.32. The lowest BCUT2D eigenvalue weighted by Crippen LogP contribution is -2.46. The molecule has 1 saturated carbocycles. The van der Waals surface area contributed by atoms with Crippen molar-refractivity contribution in [3.63, 3.8) is 0 Å². The molecule has 1 saturated heterocycles. The van der Waals surface area contributed by atoms with E-state index >= 15 is 0 Å². The SMILES string of the molecule is CC[C@@H](C)C12CC1(C)CC(C(N)=O)N2. The molecule has 0 radical (unpaired) electrons. The Kier molecular flexibility index (Phi) is 1.94. The number of nitrogens with two attached hydrogens (primary N) is 1. The molecule has 1 aliphatic heterocycles. The van der Waals surface area contributed by atoms with Crippen LogP contribution in [0, 0.1) is 11.3 Å². The Labute approximate surface area is 85.4 Å². The highest BCUT2D eigenvalue weighted by molar-refractivity contribution is 5.81. The van der Waals surface area contributed by atoms with Crippen molar-refractivity contribution < 1.29 is 4.79 Å². The van der Waals surface area contributed by atoms with Crippen LogP contribution in [0.4, 0.5) is 0 Å². The van der Waals surface area contributed by atoms with E-state index in [1.54, 1.807) is 0 Å². The normalized spacial score (nSPS) is 47.2. The predicted molar refractivity (Wildman–Crippen MR) is 55.6 cm³/mol. The zero-order chi connectivity index (χ0) is 10.6. The standard InChI is InChI=1S/C11H20N2O/c1-4-7(2)11-6-10(11,3)5-8(13-11)9(12)14/h7-8,13H,4-6H2,1-3H3,(H2,12,14)/t7-,8?,10?,11?/m1/s1. The summed E-state index contributed by atoms with van der Waals surface area (Å²) in [6.45, 7) is 6.74. The predicted octanol–water partition coefficient (Wildman–Crippen LogP) is 1.03. The monoisotopic (exact) mass is 196 g/mol. The van der Waals surface area contributed by atoms with E-state index in [1.807, 2.05) is 0 Å². The molecule has 3 heteroatoms. The molecule has 4 atom stereocenters. The molecule has 2 fully saturated rings. The molecule has 1 heterocycles. The Morgan fingerprint density at radius 3 is 2.79 bits per heavy atom. The van der Waals surface area contributed by atoms with Gasteiger partial charge in [0.1, 0.15) is 0 Å². The van der Waals surface area contributed by atoms with Crippen molar-refractivity contribution in [3.05, 3.63) is 0 Å². The van der Waals surface area contributed by atoms with Gasteiger partial charge in [0.25, 0.3) is 0 Å². The molecule has 0 aromatic heterocycles. The first kappa shape index (κ1) is 9.97. The third-order valence-electron chi connectivity index (χ3n) is 4.50. The van der Waals surface area contributed by atoms with Gasteiger partial charge in [-0.25, -0.2) is 0 Å². The number of carbonyl (C=O) groups excluding carboxylic acids is 1. The maximum Gasteiger partial charge on any atom is 0.234 e. The molecule has 80 valence electrons. The Morgan fingerprint density at radius 1 is 1.71 bits per heavy atom. The highest BCUT2D eigenvalue weighted by Gasteiger charge is 2.71. The molecule has 2 rings (SSSR count). The van der Waals surface area contributed by atoms with E-state index in [0.29, 0.717) is 11.3 Å². The zero-order valence-corrected chi connectivity index (χ0v) is 9.26. The number of piperidine rings is 1. The summed E-state index contributed by atoms with van der Waals surface area (Å²) in [4.78, 5) is 11.1. The van der Waals surface area contributed by atoms with Crippen LogP contribution >= 0.6 is 0 Å². The minimum atomic E-state index is -0.193. The van der Waals surface area contributed by atoms with E-state index in [2.05, 4.69) is 26.1 Å². The molecule has 2 aliphatic rings. The molecule has 0 spiro atoms. The van der Waals surface area contributed by atoms with Crippen LogP contribution in [-0.2, 0) is 4.79 Å². The van der Waals surface area contributed by atoms with Crippen molar-refractivity contribution in [2.24, 2.45) is 17.1 Å². The highest BCUT2D eigenvalue weighted by atomic mass is 16.1. The Morgan fingerprint density at radius 2 is 2.36 bits per heavy atom. The lowest BCUT2D eigenvalue weighted by Gasteiger charge is -2.24. The fraction of sp³-hybridized carbons (Fsp3) is 0.909. The Hall–Kier alpha value is -0.570. The van der Waals surface area contributed by atoms with Crippen LogP contribution in [0.2, 0.25) is 0 Å². The molecule has 0 aromatic rings. The van der Waals surface area contributed by atoms with Crippen molar-refractivity contribution in [2.45, 2.75) is 51.6 Å². The molecule has 3 N–H and O–H groups in total. The number of carbonyl (C=O) groups is 1. The Balaban J connectivity index is 2.15. The van der Waals surface area contributed by atoms with E-state index in [1.165, 1.54) is 6.42 Å². The maximum absolute atomic E-state index is 11.1. The van der Waals surface area contributed by atoms with E-state index < -0.39 is 0 Å². The van der Waals surface area contributed by atoms with Crippen LogP contribution in [-0.4, -0.2) is 17.5 Å². The van der Waals surface area contributed by atoms with Crippen molar-refractivity contribution in [1.29, 1.82) is 0 Å². The van der Waals surface area contributed by atoms with Gasteiger partial charge in [-0.1, -0.05) is 27.2 Å². The van der Waals surface area contributed by atoms with Crippen LogP contribution < -0.4 is 11.1 Å². The van der Waals surface area contributed by atoms with Crippen molar-refractivity contribution >= 4 is 5.91 Å². The van der Waals surface area contributed by atoms with Crippen molar-refractivity contribution in [3.8, 4) is 0 Å². The fourth-order valence-electron chi connectivity index (χ4n) is 3.29. The van der Waals surface area contributed by atoms with Crippen LogP contribution in [0.1, 0.15) is 40.0 Å². The van der Waals surface area contributed by atoms with Crippen LogP contribution in [0.15, 0.2) is 0 Å². The van der Waals surface area contributed by atoms with Crippen molar-refractivity contribution in [2.75, 3.05) is 0 Å². The molecular formula is C11H20N2O. The van der Waals surface area contributed by atoms with E-state index in [-0.39, 0.29) is 17.5 Å². The van der Waals surface area contributed by atoms with Crippen LogP contribution in [0.3, 0.4) is 0 Å². The first-order valence-corrected chi connectivity index (χ1v) is 5.52. The summed E-state index contributed by atoms with van der Waals surface area (Å²) in [7, 11) is 0. The molecule has 1 aliphatic carbocycles. The van der Waals surface area contributed by atoms with E-state index in [0.717, 1.165) is 12.8 Å². The number of fused-ring (bicyclic) bond motifs is 1. The summed E-state index contributed by atoms with van der Waals surface area (Å²) in [6, 6.07) is -0.0947. The van der Waals surface area contributed by atoms with Gasteiger partial charge in [-0.3, -0.25) is 10.1 Å². The van der Waals surface area contributed by atoms with Gasteiger partial charge in [0.15, 0.2) is 0 Å². The lowest BCUT2D eigenvalue weighted by atomic mass is 9.90. The van der Waals surface area contributed by atoms with Crippen molar-refractivity contribution in [1.82, 2.24) is 5.32 Å². The fourth-order valence-corrected chi connectivity index (χ4v) is 3.29. The quantitative estimate of drug-likeness (QED) is 0.708. The molecule has 0 bridgehead atoms. The summed E-state index contributed by atoms with van der Waals surface area (Å²) in [5.41, 5.74) is 5.87. The van der Waals surface area contributed by atoms with E-state index in [9.17, 15) is 4.79 Å². The van der Waals surface area contributed by atoms with Gasteiger partial charge in [-0.05, 0) is 24.2 Å². The maximum atomic E-state index is 11.1. The number of hydrogen-bond donors (Lipinski definition) is 2. The van der Waals surface area contributed by atoms with Gasteiger partial charge < -0.3 is 5.73 Å². The summed E-state index contributed by atoms with van der Waals surface area (Å²) < 4.78 is 0. The summed E-state index contributed by atoms with van der Waals surface area (Å²) in [5, 5.41) is 3.46. The molecule has 3 unspecified atom stereocenters. The summed E-state index contributed by atoms with van der Waals surface area (Å²) >= 11 is 0. The number of hydrogen-bond acceptors (Lipinski definition) is 2. The second-order valence-corrected chi connectivity index (χ2v) is 5.32. The molecule has 3 nitrogen and oxygen atoms in total. The smallest absolute Gasteiger partial charge is 0.234 e. The van der Waals surface area contributed by atoms with Crippen LogP contribution in [0.5, 0.6) is 0 Å². The zero-order valence-electron chi connectivity index (χ0n) is 9.26. The third kappa shape index (κ3) is 1.05. The topological polar surface area (TPSA) is 55.1 Å². The molecular weight excluding hydrogens is 176 g/mol. The van der Waals surface area contributed by atoms with Gasteiger partial charge in [-0.15, -0.1) is 0 Å². The first-order chi connectivity index (χ1) is 6.45. The third-order valence-corrected chi connectivity index (χ3v) is 4.50. The largest absolute Gasteiger partial charge is 0.368 e. The van der Waals surface area contributed by atoms with Gasteiger partial charge in [0, 0.05) is 5.54 Å². The Bertz CT molecular complexity index is 278. The molecule has 14 heavy (non-hydrogen) atoms. The van der Waals surface area contributed by atoms with Gasteiger partial charge in [0.05, 0.1) is 6.04 Å². The summed E-state index contributed by atoms with van der Waals surface area (Å²) in [6.07, 6.45) is 3.29. The highest BCUT2D eigenvalue weighted by Crippen LogP contribution is 2.66. The second kappa shape index (κ2) is 2.72. The van der Waals surface area contributed by atoms with Gasteiger partial charge in [0.2, 0.25) is 5.91 Å². The minimum absolute atomic E-state index is 0.0947. The first-order valence-electron chi connectivity index (χ1n) is 5.52. The molecule has 0 aromatic carbocycles. The van der Waals surface area contributed by atoms with Gasteiger partial charge in [-0.2, -0.15) is 0 Å². The van der Waals surface area contributed by atoms with Crippen LogP contribution in [0.25, 0.3) is 0 Å². The van der Waals surface area contributed by atoms with Gasteiger partial charge >= 0.3 is 0 Å². The lowest BCUT2D eigenvalue weighted by molar-refractivity contribution is -0.120. The number of amides is 1. The number of rotatable bonds is 3. The van der Waals surface area contributed by atoms with E-state index in [4.69, 9.17) is 5.73 Å². The number of primary amides is 1. The average Bonchev–Trinajstić information content (AvgIpc) is 2.59. The number of nitrogens with one attached hydrogen (secondary N) is 1. The summed E-state index contributed by atoms with van der Waals surface area (Å²) in [5.74, 6) is 0.443. The molecule has 1 amide bonds.